The van der Waals surface area contributed by atoms with E-state index in [1.54, 1.807) is 29.9 Å². The van der Waals surface area contributed by atoms with Crippen molar-refractivity contribution >= 4 is 11.6 Å². The SMILES string of the molecule is CNC(Cc1ccn(C)n1)c1cccc(Cl)c1F. The lowest BCUT2D eigenvalue weighted by Crippen LogP contribution is -2.20. The Bertz CT molecular complexity index is 539. The standard InChI is InChI=1S/C13H15ClFN3/c1-16-12(8-9-6-7-18(2)17-9)10-4-3-5-11(14)13(10)15/h3-7,12,16H,8H2,1-2H3. The van der Waals surface area contributed by atoms with Crippen LogP contribution in [0.4, 0.5) is 4.39 Å². The number of halogens is 2. The Morgan fingerprint density at radius 1 is 1.44 bits per heavy atom. The largest absolute Gasteiger partial charge is 0.313 e. The average Bonchev–Trinajstić information content (AvgIpc) is 2.76. The lowest BCUT2D eigenvalue weighted by molar-refractivity contribution is 0.527. The molecule has 0 radical (unpaired) electrons. The zero-order valence-electron chi connectivity index (χ0n) is 10.3. The van der Waals surface area contributed by atoms with E-state index >= 15 is 0 Å². The Hall–Kier alpha value is -1.39. The summed E-state index contributed by atoms with van der Waals surface area (Å²) in [6.07, 6.45) is 2.49. The van der Waals surface area contributed by atoms with E-state index in [-0.39, 0.29) is 16.9 Å². The second-order valence-electron chi connectivity index (χ2n) is 4.17. The molecular formula is C13H15ClFN3. The summed E-state index contributed by atoms with van der Waals surface area (Å²) in [5.74, 6) is -0.366. The highest BCUT2D eigenvalue weighted by molar-refractivity contribution is 6.30. The van der Waals surface area contributed by atoms with Crippen LogP contribution in [0.15, 0.2) is 30.5 Å². The van der Waals surface area contributed by atoms with Crippen molar-refractivity contribution in [2.24, 2.45) is 7.05 Å². The number of rotatable bonds is 4. The van der Waals surface area contributed by atoms with Gasteiger partial charge in [0.25, 0.3) is 0 Å². The lowest BCUT2D eigenvalue weighted by atomic mass is 10.0. The van der Waals surface area contributed by atoms with E-state index in [9.17, 15) is 4.39 Å². The molecule has 2 rings (SSSR count). The van der Waals surface area contributed by atoms with E-state index < -0.39 is 0 Å². The smallest absolute Gasteiger partial charge is 0.146 e. The second kappa shape index (κ2) is 5.50. The Balaban J connectivity index is 2.25. The zero-order chi connectivity index (χ0) is 13.1. The van der Waals surface area contributed by atoms with Crippen LogP contribution < -0.4 is 5.32 Å². The Kier molecular flexibility index (Phi) is 3.99. The summed E-state index contributed by atoms with van der Waals surface area (Å²) >= 11 is 5.80. The summed E-state index contributed by atoms with van der Waals surface area (Å²) in [4.78, 5) is 0. The molecule has 0 saturated carbocycles. The van der Waals surface area contributed by atoms with Crippen molar-refractivity contribution in [3.05, 3.63) is 52.6 Å². The van der Waals surface area contributed by atoms with E-state index in [2.05, 4.69) is 10.4 Å². The van der Waals surface area contributed by atoms with Gasteiger partial charge in [0.05, 0.1) is 10.7 Å². The van der Waals surface area contributed by atoms with Gasteiger partial charge in [0.15, 0.2) is 0 Å². The van der Waals surface area contributed by atoms with Gasteiger partial charge in [-0.1, -0.05) is 23.7 Å². The van der Waals surface area contributed by atoms with Gasteiger partial charge in [0.1, 0.15) is 5.82 Å². The summed E-state index contributed by atoms with van der Waals surface area (Å²) in [6.45, 7) is 0. The number of aryl methyl sites for hydroxylation is 1. The minimum Gasteiger partial charge on any atom is -0.313 e. The Morgan fingerprint density at radius 3 is 2.83 bits per heavy atom. The quantitative estimate of drug-likeness (QED) is 0.923. The molecule has 0 aliphatic heterocycles. The summed E-state index contributed by atoms with van der Waals surface area (Å²) in [6, 6.07) is 6.83. The molecule has 0 aliphatic rings. The van der Waals surface area contributed by atoms with Crippen LogP contribution >= 0.6 is 11.6 Å². The third-order valence-corrected chi connectivity index (χ3v) is 3.18. The number of hydrogen-bond acceptors (Lipinski definition) is 2. The second-order valence-corrected chi connectivity index (χ2v) is 4.58. The van der Waals surface area contributed by atoms with Crippen molar-refractivity contribution in [3.8, 4) is 0 Å². The molecule has 1 unspecified atom stereocenters. The third kappa shape index (κ3) is 2.71. The van der Waals surface area contributed by atoms with Crippen molar-refractivity contribution in [2.75, 3.05) is 7.05 Å². The summed E-state index contributed by atoms with van der Waals surface area (Å²) in [5, 5.41) is 7.54. The van der Waals surface area contributed by atoms with Gasteiger partial charge < -0.3 is 5.32 Å². The first-order chi connectivity index (χ1) is 8.61. The van der Waals surface area contributed by atoms with Crippen molar-refractivity contribution in [1.82, 2.24) is 15.1 Å². The number of aromatic nitrogens is 2. The van der Waals surface area contributed by atoms with Gasteiger partial charge in [-0.05, 0) is 19.2 Å². The van der Waals surface area contributed by atoms with E-state index in [4.69, 9.17) is 11.6 Å². The molecule has 18 heavy (non-hydrogen) atoms. The van der Waals surface area contributed by atoms with Gasteiger partial charge in [-0.15, -0.1) is 0 Å². The predicted molar refractivity (Wildman–Crippen MR) is 70.1 cm³/mol. The van der Waals surface area contributed by atoms with E-state index in [1.807, 2.05) is 19.3 Å². The molecule has 5 heteroatoms. The van der Waals surface area contributed by atoms with Crippen LogP contribution in [0.3, 0.4) is 0 Å². The maximum Gasteiger partial charge on any atom is 0.146 e. The number of likely N-dealkylation sites (N-methyl/N-ethyl adjacent to an activating group) is 1. The normalized spacial score (nSPS) is 12.7. The first kappa shape index (κ1) is 13.1. The fraction of sp³-hybridized carbons (Fsp3) is 0.308. The Morgan fingerprint density at radius 2 is 2.22 bits per heavy atom. The molecule has 0 saturated heterocycles. The van der Waals surface area contributed by atoms with Crippen LogP contribution in [0.2, 0.25) is 5.02 Å². The van der Waals surface area contributed by atoms with Crippen LogP contribution in [0, 0.1) is 5.82 Å². The van der Waals surface area contributed by atoms with Crippen LogP contribution in [-0.2, 0) is 13.5 Å². The fourth-order valence-electron chi connectivity index (χ4n) is 1.94. The van der Waals surface area contributed by atoms with Gasteiger partial charge in [-0.25, -0.2) is 4.39 Å². The molecule has 1 aromatic carbocycles. The van der Waals surface area contributed by atoms with Crippen molar-refractivity contribution in [3.63, 3.8) is 0 Å². The summed E-state index contributed by atoms with van der Waals surface area (Å²) in [5.41, 5.74) is 1.48. The molecule has 1 aromatic heterocycles. The molecule has 0 bridgehead atoms. The highest BCUT2D eigenvalue weighted by atomic mass is 35.5. The first-order valence-electron chi connectivity index (χ1n) is 5.71. The fourth-order valence-corrected chi connectivity index (χ4v) is 2.12. The van der Waals surface area contributed by atoms with Gasteiger partial charge in [0, 0.05) is 31.3 Å². The van der Waals surface area contributed by atoms with E-state index in [0.29, 0.717) is 12.0 Å². The Labute approximate surface area is 111 Å². The van der Waals surface area contributed by atoms with Crippen LogP contribution in [0.1, 0.15) is 17.3 Å². The minimum atomic E-state index is -0.366. The van der Waals surface area contributed by atoms with Crippen LogP contribution in [0.5, 0.6) is 0 Å². The van der Waals surface area contributed by atoms with Crippen LogP contribution in [-0.4, -0.2) is 16.8 Å². The molecule has 1 N–H and O–H groups in total. The maximum atomic E-state index is 13.9. The molecule has 2 aromatic rings. The molecule has 3 nitrogen and oxygen atoms in total. The van der Waals surface area contributed by atoms with Gasteiger partial charge >= 0.3 is 0 Å². The third-order valence-electron chi connectivity index (χ3n) is 2.89. The number of hydrogen-bond donors (Lipinski definition) is 1. The first-order valence-corrected chi connectivity index (χ1v) is 6.09. The van der Waals surface area contributed by atoms with Crippen LogP contribution in [0.25, 0.3) is 0 Å². The van der Waals surface area contributed by atoms with Gasteiger partial charge in [-0.3, -0.25) is 4.68 Å². The van der Waals surface area contributed by atoms with Crippen molar-refractivity contribution in [2.45, 2.75) is 12.5 Å². The van der Waals surface area contributed by atoms with Crippen molar-refractivity contribution < 1.29 is 4.39 Å². The monoisotopic (exact) mass is 267 g/mol. The van der Waals surface area contributed by atoms with Gasteiger partial charge in [0.2, 0.25) is 0 Å². The molecule has 1 heterocycles. The minimum absolute atomic E-state index is 0.140. The topological polar surface area (TPSA) is 29.9 Å². The number of benzene rings is 1. The highest BCUT2D eigenvalue weighted by Crippen LogP contribution is 2.25. The van der Waals surface area contributed by atoms with Crippen molar-refractivity contribution in [1.29, 1.82) is 0 Å². The highest BCUT2D eigenvalue weighted by Gasteiger charge is 2.17. The average molecular weight is 268 g/mol. The molecule has 0 spiro atoms. The van der Waals surface area contributed by atoms with E-state index in [1.165, 1.54) is 0 Å². The molecule has 0 fully saturated rings. The number of nitrogens with zero attached hydrogens (tertiary/aromatic N) is 2. The molecule has 1 atom stereocenters. The summed E-state index contributed by atoms with van der Waals surface area (Å²) < 4.78 is 15.7. The lowest BCUT2D eigenvalue weighted by Gasteiger charge is -2.16. The maximum absolute atomic E-state index is 13.9. The molecule has 96 valence electrons. The zero-order valence-corrected chi connectivity index (χ0v) is 11.1. The number of nitrogens with one attached hydrogen (secondary N) is 1. The summed E-state index contributed by atoms with van der Waals surface area (Å²) in [7, 11) is 3.66. The predicted octanol–water partition coefficient (Wildman–Crippen LogP) is 2.72. The molecule has 0 amide bonds. The van der Waals surface area contributed by atoms with E-state index in [0.717, 1.165) is 5.69 Å². The molecular weight excluding hydrogens is 253 g/mol. The molecule has 0 aliphatic carbocycles. The van der Waals surface area contributed by atoms with Gasteiger partial charge in [-0.2, -0.15) is 5.10 Å².